The molecule has 0 aliphatic carbocycles. The lowest BCUT2D eigenvalue weighted by atomic mass is 9.96. The predicted molar refractivity (Wildman–Crippen MR) is 134 cm³/mol. The van der Waals surface area contributed by atoms with Crippen LogP contribution >= 0.6 is 39.0 Å². The zero-order valence-electron chi connectivity index (χ0n) is 19.8. The molecule has 3 aromatic heterocycles. The van der Waals surface area contributed by atoms with Gasteiger partial charge in [-0.15, -0.1) is 16.4 Å². The van der Waals surface area contributed by atoms with Crippen molar-refractivity contribution >= 4 is 56.9 Å². The Labute approximate surface area is 228 Å². The fourth-order valence-corrected chi connectivity index (χ4v) is 5.94. The minimum Gasteiger partial charge on any atom is -0.463 e. The van der Waals surface area contributed by atoms with Gasteiger partial charge in [0, 0.05) is 47.9 Å². The Morgan fingerprint density at radius 2 is 1.86 bits per heavy atom. The zero-order valence-corrected chi connectivity index (χ0v) is 23.1. The number of hydrogen-bond acceptors (Lipinski definition) is 13. The Balaban J connectivity index is 1.78. The second-order valence-corrected chi connectivity index (χ2v) is 10.7. The minimum atomic E-state index is -1.04. The summed E-state index contributed by atoms with van der Waals surface area (Å²) in [5.41, 5.74) is 1.94. The maximum absolute atomic E-state index is 12.2. The molecule has 0 saturated carbocycles. The smallest absolute Gasteiger partial charge is 0.303 e. The molecule has 0 N–H and O–H groups in total. The first-order valence-corrected chi connectivity index (χ1v) is 13.5. The fourth-order valence-electron chi connectivity index (χ4n) is 3.75. The van der Waals surface area contributed by atoms with Crippen molar-refractivity contribution in [3.8, 4) is 11.4 Å². The van der Waals surface area contributed by atoms with Crippen LogP contribution in [0.3, 0.4) is 0 Å². The molecule has 0 amide bonds. The van der Waals surface area contributed by atoms with Gasteiger partial charge in [0.1, 0.15) is 35.6 Å². The van der Waals surface area contributed by atoms with E-state index in [2.05, 4.69) is 36.2 Å². The lowest BCUT2D eigenvalue weighted by Crippen LogP contribution is -2.57. The van der Waals surface area contributed by atoms with Crippen molar-refractivity contribution in [2.24, 2.45) is 0 Å². The van der Waals surface area contributed by atoms with Gasteiger partial charge in [0.2, 0.25) is 0 Å². The third kappa shape index (κ3) is 6.91. The summed E-state index contributed by atoms with van der Waals surface area (Å²) in [4.78, 5) is 45.1. The standard InChI is InChI=1S/C22H22BrN5O7S2/c1-11(29)32-8-18-20(33-12(2)30)19(28-7-16(26-27-28)17-9-36-10-25-17)21(34-13(3)31)22(35-18)37-15-4-14(23)5-24-6-15/h4-7,9-10,18-22H,8H2,1-3H3. The molecule has 5 atom stereocenters. The number of ether oxygens (including phenoxy) is 4. The molecular formula is C22H22BrN5O7S2. The molecule has 0 aromatic carbocycles. The van der Waals surface area contributed by atoms with Gasteiger partial charge in [-0.2, -0.15) is 0 Å². The number of hydrogen-bond donors (Lipinski definition) is 0. The van der Waals surface area contributed by atoms with Gasteiger partial charge in [-0.3, -0.25) is 19.4 Å². The van der Waals surface area contributed by atoms with Crippen molar-refractivity contribution in [1.29, 1.82) is 0 Å². The lowest BCUT2D eigenvalue weighted by molar-refractivity contribution is -0.212. The summed E-state index contributed by atoms with van der Waals surface area (Å²) in [6.07, 6.45) is 1.97. The molecule has 3 aromatic rings. The van der Waals surface area contributed by atoms with Crippen molar-refractivity contribution in [3.05, 3.63) is 40.0 Å². The molecule has 1 aliphatic heterocycles. The Hall–Kier alpha value is -2.88. The highest BCUT2D eigenvalue weighted by Crippen LogP contribution is 2.41. The molecule has 12 nitrogen and oxygen atoms in total. The topological polar surface area (TPSA) is 145 Å². The summed E-state index contributed by atoms with van der Waals surface area (Å²) >= 11 is 6.04. The zero-order chi connectivity index (χ0) is 26.5. The van der Waals surface area contributed by atoms with Crippen LogP contribution in [0.2, 0.25) is 0 Å². The third-order valence-corrected chi connectivity index (χ3v) is 7.24. The van der Waals surface area contributed by atoms with Crippen molar-refractivity contribution in [2.45, 2.75) is 55.5 Å². The monoisotopic (exact) mass is 611 g/mol. The first-order chi connectivity index (χ1) is 17.7. The Kier molecular flexibility index (Phi) is 8.89. The molecule has 196 valence electrons. The molecular weight excluding hydrogens is 590 g/mol. The summed E-state index contributed by atoms with van der Waals surface area (Å²) in [5, 5.41) is 10.3. The second-order valence-electron chi connectivity index (χ2n) is 7.90. The molecule has 0 radical (unpaired) electrons. The summed E-state index contributed by atoms with van der Waals surface area (Å²) in [6.45, 7) is 3.57. The van der Waals surface area contributed by atoms with E-state index >= 15 is 0 Å². The number of aromatic nitrogens is 5. The van der Waals surface area contributed by atoms with E-state index in [1.165, 1.54) is 48.6 Å². The highest BCUT2D eigenvalue weighted by Gasteiger charge is 2.52. The lowest BCUT2D eigenvalue weighted by Gasteiger charge is -2.44. The highest BCUT2D eigenvalue weighted by molar-refractivity contribution is 9.10. The molecule has 5 unspecified atom stereocenters. The molecule has 0 spiro atoms. The maximum atomic E-state index is 12.2. The Morgan fingerprint density at radius 3 is 2.51 bits per heavy atom. The predicted octanol–water partition coefficient (Wildman–Crippen LogP) is 3.04. The number of rotatable bonds is 8. The van der Waals surface area contributed by atoms with E-state index in [0.29, 0.717) is 16.3 Å². The van der Waals surface area contributed by atoms with Gasteiger partial charge in [-0.25, -0.2) is 9.67 Å². The van der Waals surface area contributed by atoms with Crippen LogP contribution < -0.4 is 0 Å². The van der Waals surface area contributed by atoms with Gasteiger partial charge in [-0.1, -0.05) is 17.0 Å². The minimum absolute atomic E-state index is 0.210. The Bertz CT molecular complexity index is 1260. The number of thioether (sulfide) groups is 1. The second kappa shape index (κ2) is 12.1. The number of nitrogens with zero attached hydrogens (tertiary/aromatic N) is 5. The molecule has 4 rings (SSSR count). The summed E-state index contributed by atoms with van der Waals surface area (Å²) < 4.78 is 25.1. The Morgan fingerprint density at radius 1 is 1.11 bits per heavy atom. The fraction of sp³-hybridized carbons (Fsp3) is 0.409. The summed E-state index contributed by atoms with van der Waals surface area (Å²) in [6, 6.07) is 0.954. The van der Waals surface area contributed by atoms with Crippen molar-refractivity contribution in [1.82, 2.24) is 25.0 Å². The van der Waals surface area contributed by atoms with Crippen molar-refractivity contribution in [3.63, 3.8) is 0 Å². The molecule has 1 aliphatic rings. The van der Waals surface area contributed by atoms with Crippen LogP contribution in [0, 0.1) is 0 Å². The SMILES string of the molecule is CC(=O)OCC1OC(Sc2cncc(Br)c2)C(OC(C)=O)C(n2cc(-c3cscn3)nn2)C1OC(C)=O. The average Bonchev–Trinajstić information content (AvgIpc) is 3.51. The molecule has 0 bridgehead atoms. The quantitative estimate of drug-likeness (QED) is 0.272. The van der Waals surface area contributed by atoms with E-state index in [1.54, 1.807) is 24.1 Å². The van der Waals surface area contributed by atoms with Crippen molar-refractivity contribution < 1.29 is 33.3 Å². The van der Waals surface area contributed by atoms with E-state index < -0.39 is 47.7 Å². The number of halogens is 1. The van der Waals surface area contributed by atoms with E-state index in [4.69, 9.17) is 18.9 Å². The number of esters is 3. The van der Waals surface area contributed by atoms with E-state index in [-0.39, 0.29) is 6.61 Å². The number of carbonyl (C=O) groups excluding carboxylic acids is 3. The number of thiazole rings is 1. The van der Waals surface area contributed by atoms with Crippen LogP contribution in [-0.2, 0) is 33.3 Å². The van der Waals surface area contributed by atoms with Crippen molar-refractivity contribution in [2.75, 3.05) is 6.61 Å². The van der Waals surface area contributed by atoms with Gasteiger partial charge in [0.05, 0.1) is 11.7 Å². The first kappa shape index (κ1) is 27.2. The van der Waals surface area contributed by atoms with E-state index in [0.717, 1.165) is 4.47 Å². The van der Waals surface area contributed by atoms with Gasteiger partial charge in [0.15, 0.2) is 12.2 Å². The van der Waals surface area contributed by atoms with Crippen LogP contribution in [0.4, 0.5) is 0 Å². The van der Waals surface area contributed by atoms with Gasteiger partial charge in [0.25, 0.3) is 0 Å². The van der Waals surface area contributed by atoms with Gasteiger partial charge in [-0.05, 0) is 22.0 Å². The average molecular weight is 612 g/mol. The normalized spacial score (nSPS) is 23.3. The molecule has 37 heavy (non-hydrogen) atoms. The van der Waals surface area contributed by atoms with Gasteiger partial charge < -0.3 is 18.9 Å². The van der Waals surface area contributed by atoms with Crippen LogP contribution in [0.15, 0.2) is 44.9 Å². The van der Waals surface area contributed by atoms with Crippen LogP contribution in [0.5, 0.6) is 0 Å². The van der Waals surface area contributed by atoms with Crippen LogP contribution in [-0.4, -0.2) is 73.2 Å². The summed E-state index contributed by atoms with van der Waals surface area (Å²) in [5.74, 6) is -1.71. The first-order valence-electron chi connectivity index (χ1n) is 10.9. The number of carbonyl (C=O) groups is 3. The largest absolute Gasteiger partial charge is 0.463 e. The third-order valence-electron chi connectivity index (χ3n) is 5.11. The highest BCUT2D eigenvalue weighted by atomic mass is 79.9. The molecule has 4 heterocycles. The van der Waals surface area contributed by atoms with E-state index in [1.807, 2.05) is 11.4 Å². The molecule has 15 heteroatoms. The van der Waals surface area contributed by atoms with E-state index in [9.17, 15) is 14.4 Å². The van der Waals surface area contributed by atoms with Gasteiger partial charge >= 0.3 is 17.9 Å². The molecule has 1 fully saturated rings. The molecule has 1 saturated heterocycles. The van der Waals surface area contributed by atoms with Crippen LogP contribution in [0.25, 0.3) is 11.4 Å². The van der Waals surface area contributed by atoms with Crippen LogP contribution in [0.1, 0.15) is 26.8 Å². The number of pyridine rings is 1. The maximum Gasteiger partial charge on any atom is 0.303 e. The summed E-state index contributed by atoms with van der Waals surface area (Å²) in [7, 11) is 0.